The van der Waals surface area contributed by atoms with Crippen molar-refractivity contribution in [3.8, 4) is 11.5 Å². The summed E-state index contributed by atoms with van der Waals surface area (Å²) in [6.45, 7) is 4.44. The van der Waals surface area contributed by atoms with E-state index >= 15 is 0 Å². The van der Waals surface area contributed by atoms with E-state index in [1.807, 2.05) is 18.0 Å². The van der Waals surface area contributed by atoms with Crippen LogP contribution in [-0.4, -0.2) is 67.8 Å². The van der Waals surface area contributed by atoms with Crippen LogP contribution in [0.25, 0.3) is 0 Å². The maximum absolute atomic E-state index is 12.4. The van der Waals surface area contributed by atoms with Crippen molar-refractivity contribution < 1.29 is 14.3 Å². The van der Waals surface area contributed by atoms with Crippen LogP contribution in [0.3, 0.4) is 0 Å². The Morgan fingerprint density at radius 3 is 2.62 bits per heavy atom. The molecule has 0 N–H and O–H groups in total. The van der Waals surface area contributed by atoms with Gasteiger partial charge in [-0.2, -0.15) is 0 Å². The number of amides is 1. The van der Waals surface area contributed by atoms with E-state index in [2.05, 4.69) is 21.9 Å². The normalized spacial score (nSPS) is 29.3. The van der Waals surface area contributed by atoms with Crippen molar-refractivity contribution in [3.05, 3.63) is 18.2 Å². The third kappa shape index (κ3) is 2.71. The smallest absolute Gasteiger partial charge is 0.231 e. The van der Waals surface area contributed by atoms with Crippen LogP contribution in [0.2, 0.25) is 0 Å². The lowest BCUT2D eigenvalue weighted by molar-refractivity contribution is -0.138. The second-order valence-corrected chi connectivity index (χ2v) is 8.09. The number of nitrogens with zero attached hydrogens (tertiary/aromatic N) is 3. The SMILES string of the molecule is CN1C(=O)[C@@H]2CC[C@H]1CN(C1CCN(c3ccc4c(c3)OCO4)CC1)C2. The number of fused-ring (bicyclic) bond motifs is 5. The maximum atomic E-state index is 12.4. The van der Waals surface area contributed by atoms with Gasteiger partial charge in [0.1, 0.15) is 0 Å². The molecule has 0 spiro atoms. The standard InChI is InChI=1S/C20H27N3O3/c1-21-17-3-2-14(20(21)24)11-23(12-17)15-6-8-22(9-7-15)16-4-5-18-19(10-16)26-13-25-18/h4-5,10,14-15,17H,2-3,6-9,11-13H2,1H3/t14-,17+/m1/s1. The maximum Gasteiger partial charge on any atom is 0.231 e. The third-order valence-corrected chi connectivity index (χ3v) is 6.70. The van der Waals surface area contributed by atoms with Crippen LogP contribution >= 0.6 is 0 Å². The van der Waals surface area contributed by atoms with E-state index in [4.69, 9.17) is 9.47 Å². The molecule has 6 heteroatoms. The topological polar surface area (TPSA) is 45.3 Å². The summed E-state index contributed by atoms with van der Waals surface area (Å²) in [6, 6.07) is 7.25. The first kappa shape index (κ1) is 16.2. The zero-order valence-electron chi connectivity index (χ0n) is 15.4. The van der Waals surface area contributed by atoms with Gasteiger partial charge in [-0.1, -0.05) is 0 Å². The highest BCUT2D eigenvalue weighted by Gasteiger charge is 2.41. The Labute approximate surface area is 154 Å². The molecule has 5 aliphatic heterocycles. The molecule has 0 radical (unpaired) electrons. The Balaban J connectivity index is 1.24. The molecule has 2 atom stereocenters. The number of benzene rings is 1. The van der Waals surface area contributed by atoms with Gasteiger partial charge >= 0.3 is 0 Å². The van der Waals surface area contributed by atoms with Gasteiger partial charge in [-0.05, 0) is 37.8 Å². The lowest BCUT2D eigenvalue weighted by atomic mass is 9.95. The highest BCUT2D eigenvalue weighted by molar-refractivity contribution is 5.80. The molecule has 1 amide bonds. The number of carbonyl (C=O) groups is 1. The largest absolute Gasteiger partial charge is 0.454 e. The number of carbonyl (C=O) groups excluding carboxylic acids is 1. The zero-order valence-corrected chi connectivity index (χ0v) is 15.4. The summed E-state index contributed by atoms with van der Waals surface area (Å²) in [5.74, 6) is 2.28. The highest BCUT2D eigenvalue weighted by Crippen LogP contribution is 2.37. The van der Waals surface area contributed by atoms with Crippen LogP contribution in [0.4, 0.5) is 5.69 Å². The van der Waals surface area contributed by atoms with Gasteiger partial charge in [-0.3, -0.25) is 9.69 Å². The molecule has 5 aliphatic rings. The fraction of sp³-hybridized carbons (Fsp3) is 0.650. The summed E-state index contributed by atoms with van der Waals surface area (Å²) in [6.07, 6.45) is 4.55. The van der Waals surface area contributed by atoms with Crippen LogP contribution in [0.15, 0.2) is 18.2 Å². The minimum atomic E-state index is 0.214. The molecular weight excluding hydrogens is 330 g/mol. The average molecular weight is 357 g/mol. The minimum absolute atomic E-state index is 0.214. The summed E-state index contributed by atoms with van der Waals surface area (Å²) in [5, 5.41) is 0. The van der Waals surface area contributed by atoms with Crippen molar-refractivity contribution >= 4 is 11.6 Å². The molecule has 6 rings (SSSR count). The lowest BCUT2D eigenvalue weighted by Gasteiger charge is -2.39. The molecule has 0 saturated carbocycles. The van der Waals surface area contributed by atoms with Crippen LogP contribution in [0.5, 0.6) is 11.5 Å². The molecule has 6 nitrogen and oxygen atoms in total. The summed E-state index contributed by atoms with van der Waals surface area (Å²) >= 11 is 0. The molecule has 4 fully saturated rings. The Morgan fingerprint density at radius 1 is 0.962 bits per heavy atom. The molecular formula is C20H27N3O3. The highest BCUT2D eigenvalue weighted by atomic mass is 16.7. The molecule has 26 heavy (non-hydrogen) atoms. The van der Waals surface area contributed by atoms with E-state index < -0.39 is 0 Å². The number of hydrogen-bond donors (Lipinski definition) is 0. The molecule has 5 heterocycles. The molecule has 0 aromatic heterocycles. The second kappa shape index (κ2) is 6.34. The summed E-state index contributed by atoms with van der Waals surface area (Å²) in [7, 11) is 1.99. The molecule has 0 unspecified atom stereocenters. The lowest BCUT2D eigenvalue weighted by Crippen LogP contribution is -2.48. The van der Waals surface area contributed by atoms with Crippen molar-refractivity contribution in [1.29, 1.82) is 0 Å². The molecule has 1 aromatic rings. The van der Waals surface area contributed by atoms with Gasteiger partial charge in [0.15, 0.2) is 11.5 Å². The quantitative estimate of drug-likeness (QED) is 0.809. The average Bonchev–Trinajstić information content (AvgIpc) is 2.98. The van der Waals surface area contributed by atoms with Crippen molar-refractivity contribution in [2.75, 3.05) is 44.9 Å². The Bertz CT molecular complexity index is 702. The van der Waals surface area contributed by atoms with Gasteiger partial charge in [-0.15, -0.1) is 0 Å². The van der Waals surface area contributed by atoms with Crippen molar-refractivity contribution in [2.24, 2.45) is 5.92 Å². The van der Waals surface area contributed by atoms with E-state index in [9.17, 15) is 4.79 Å². The fourth-order valence-corrected chi connectivity index (χ4v) is 5.06. The third-order valence-electron chi connectivity index (χ3n) is 6.70. The second-order valence-electron chi connectivity index (χ2n) is 8.09. The summed E-state index contributed by atoms with van der Waals surface area (Å²) in [4.78, 5) is 19.5. The van der Waals surface area contributed by atoms with Crippen molar-refractivity contribution in [3.63, 3.8) is 0 Å². The molecule has 0 aliphatic carbocycles. The predicted octanol–water partition coefficient (Wildman–Crippen LogP) is 1.94. The van der Waals surface area contributed by atoms with Crippen LogP contribution in [-0.2, 0) is 4.79 Å². The van der Waals surface area contributed by atoms with Crippen LogP contribution in [0, 0.1) is 5.92 Å². The molecule has 140 valence electrons. The summed E-state index contributed by atoms with van der Waals surface area (Å²) in [5.41, 5.74) is 1.22. The molecule has 4 saturated heterocycles. The molecule has 1 aromatic carbocycles. The van der Waals surface area contributed by atoms with E-state index in [1.165, 1.54) is 12.1 Å². The van der Waals surface area contributed by atoms with Gasteiger partial charge in [0.25, 0.3) is 0 Å². The Hall–Kier alpha value is -1.95. The van der Waals surface area contributed by atoms with Gasteiger partial charge in [0.05, 0.1) is 5.92 Å². The first-order valence-electron chi connectivity index (χ1n) is 9.84. The van der Waals surface area contributed by atoms with Gasteiger partial charge in [-0.25, -0.2) is 0 Å². The van der Waals surface area contributed by atoms with Crippen LogP contribution in [0.1, 0.15) is 25.7 Å². The molecule has 2 bridgehead atoms. The monoisotopic (exact) mass is 357 g/mol. The van der Waals surface area contributed by atoms with Gasteiger partial charge < -0.3 is 19.3 Å². The Kier molecular flexibility index (Phi) is 3.96. The Morgan fingerprint density at radius 2 is 1.77 bits per heavy atom. The van der Waals surface area contributed by atoms with Crippen molar-refractivity contribution in [1.82, 2.24) is 9.80 Å². The zero-order chi connectivity index (χ0) is 17.7. The summed E-state index contributed by atoms with van der Waals surface area (Å²) < 4.78 is 10.9. The number of ether oxygens (including phenoxy) is 2. The first-order chi connectivity index (χ1) is 12.7. The minimum Gasteiger partial charge on any atom is -0.454 e. The predicted molar refractivity (Wildman–Crippen MR) is 98.7 cm³/mol. The van der Waals surface area contributed by atoms with Gasteiger partial charge in [0.2, 0.25) is 12.7 Å². The van der Waals surface area contributed by atoms with E-state index in [0.717, 1.165) is 56.9 Å². The van der Waals surface area contributed by atoms with Crippen LogP contribution < -0.4 is 14.4 Å². The van der Waals surface area contributed by atoms with E-state index in [0.29, 0.717) is 24.8 Å². The first-order valence-corrected chi connectivity index (χ1v) is 9.84. The number of piperidine rings is 2. The fourth-order valence-electron chi connectivity index (χ4n) is 5.06. The van der Waals surface area contributed by atoms with E-state index in [1.54, 1.807) is 0 Å². The van der Waals surface area contributed by atoms with Crippen molar-refractivity contribution in [2.45, 2.75) is 37.8 Å². The number of rotatable bonds is 2. The number of hydrogen-bond acceptors (Lipinski definition) is 5. The number of anilines is 1. The van der Waals surface area contributed by atoms with Gasteiger partial charge in [0, 0.05) is 57.1 Å². The number of likely N-dealkylation sites (N-methyl/N-ethyl adjacent to an activating group) is 1. The van der Waals surface area contributed by atoms with E-state index in [-0.39, 0.29) is 5.92 Å².